The summed E-state index contributed by atoms with van der Waals surface area (Å²) in [7, 11) is -16.2. The van der Waals surface area contributed by atoms with Crippen LogP contribution in [-0.2, 0) is 38.3 Å². The van der Waals surface area contributed by atoms with Crippen LogP contribution < -0.4 is 11.2 Å². The number of aliphatic hydroxyl groups excluding tert-OH is 3. The molecule has 0 amide bonds. The minimum absolute atomic E-state index is 0.283. The average molecular weight is 755 g/mol. The number of hydrogen-bond acceptors (Lipinski definition) is 12. The summed E-state index contributed by atoms with van der Waals surface area (Å²) in [4.78, 5) is 77.9. The van der Waals surface area contributed by atoms with Crippen molar-refractivity contribution in [1.29, 1.82) is 0 Å². The zero-order valence-corrected chi connectivity index (χ0v) is 29.6. The van der Waals surface area contributed by atoms with Crippen LogP contribution in [0.2, 0.25) is 0 Å². The number of ketones is 1. The molecule has 5 atom stereocenters. The number of aliphatic hydroxyl groups is 3. The molecule has 0 bridgehead atoms. The van der Waals surface area contributed by atoms with Gasteiger partial charge in [-0.2, -0.15) is 8.62 Å². The van der Waals surface area contributed by atoms with Gasteiger partial charge in [0.05, 0.1) is 6.61 Å². The van der Waals surface area contributed by atoms with E-state index < -0.39 is 65.9 Å². The molecule has 22 heteroatoms. The first kappa shape index (κ1) is 44.6. The lowest BCUT2D eigenvalue weighted by molar-refractivity contribution is -0.117. The maximum Gasteiger partial charge on any atom is 0.490 e. The molecule has 1 saturated heterocycles. The van der Waals surface area contributed by atoms with Crippen molar-refractivity contribution < 1.29 is 71.6 Å². The van der Waals surface area contributed by atoms with E-state index >= 15 is 0 Å². The average Bonchev–Trinajstić information content (AvgIpc) is 3.21. The van der Waals surface area contributed by atoms with Crippen molar-refractivity contribution in [3.63, 3.8) is 0 Å². The van der Waals surface area contributed by atoms with Crippen LogP contribution in [0.15, 0.2) is 15.8 Å². The molecule has 0 spiro atoms. The molecule has 19 nitrogen and oxygen atoms in total. The summed E-state index contributed by atoms with van der Waals surface area (Å²) in [5.74, 6) is 1.00. The van der Waals surface area contributed by atoms with Crippen LogP contribution in [0.4, 0.5) is 0 Å². The Labute approximate surface area is 277 Å². The summed E-state index contributed by atoms with van der Waals surface area (Å²) in [5, 5.41) is 29.4. The van der Waals surface area contributed by atoms with Gasteiger partial charge in [0.1, 0.15) is 24.1 Å². The Morgan fingerprint density at radius 2 is 1.38 bits per heavy atom. The van der Waals surface area contributed by atoms with Crippen LogP contribution >= 0.6 is 23.5 Å². The quantitative estimate of drug-likeness (QED) is 0.0639. The third kappa shape index (κ3) is 18.6. The number of hydrogen-bond donors (Lipinski definition) is 9. The molecular formula is C26H49N2O17P3. The number of carbonyl (C=O) groups is 1. The van der Waals surface area contributed by atoms with E-state index in [2.05, 4.69) is 20.5 Å². The molecule has 48 heavy (non-hydrogen) atoms. The highest BCUT2D eigenvalue weighted by Gasteiger charge is 2.44. The van der Waals surface area contributed by atoms with Crippen LogP contribution in [0.5, 0.6) is 0 Å². The standard InChI is InChI=1S/C26H44N2O7.H5O10P3/c1-18(13-9-6-7-10-14-19(2)30)12-8-4-3-5-11-15-20-16-28(26(34)27-24(20)33)25-23(32)22(31)21(17-29)35-25;1-11(2,3)9-13(7,8)10-12(4,5)6/h16,18,21-23,25,29,31-32H,3-15,17H2,1-2H3,(H,27,33,34);(H,7,8)(H2,1,2,3)(H2,4,5,6)/t18?,21-,22-,23-,25-;/m1./s1. The molecule has 280 valence electrons. The maximum absolute atomic E-state index is 12.2. The number of carbonyl (C=O) groups excluding carboxylic acids is 1. The van der Waals surface area contributed by atoms with E-state index in [9.17, 15) is 43.4 Å². The molecule has 1 fully saturated rings. The Balaban J connectivity index is 0.000000747. The fourth-order valence-corrected chi connectivity index (χ4v) is 7.53. The second-order valence-electron chi connectivity index (χ2n) is 11.7. The molecule has 0 radical (unpaired) electrons. The Morgan fingerprint density at radius 3 is 1.85 bits per heavy atom. The number of nitrogens with one attached hydrogen (secondary N) is 1. The summed E-state index contributed by atoms with van der Waals surface area (Å²) in [6.07, 6.45) is 10.1. The van der Waals surface area contributed by atoms with E-state index in [4.69, 9.17) is 29.2 Å². The molecule has 9 N–H and O–H groups in total. The third-order valence-electron chi connectivity index (χ3n) is 7.37. The molecule has 0 aliphatic carbocycles. The second kappa shape index (κ2) is 21.1. The van der Waals surface area contributed by atoms with Crippen molar-refractivity contribution in [1.82, 2.24) is 9.55 Å². The van der Waals surface area contributed by atoms with Gasteiger partial charge in [0.15, 0.2) is 6.23 Å². The monoisotopic (exact) mass is 754 g/mol. The molecular weight excluding hydrogens is 705 g/mol. The SMILES string of the molecule is CC(=O)CCCCCCC(C)CCCCCCCc1cn([C@@H]2O[C@H](CO)[C@@H](O)[C@H]2O)c(=O)[nH]c1=O.O=P(O)(O)OP(=O)(O)OP(=O)(O)O. The highest BCUT2D eigenvalue weighted by molar-refractivity contribution is 7.66. The number of aromatic nitrogens is 2. The van der Waals surface area contributed by atoms with Crippen molar-refractivity contribution in [2.24, 2.45) is 5.92 Å². The van der Waals surface area contributed by atoms with E-state index in [-0.39, 0.29) is 5.78 Å². The third-order valence-corrected chi connectivity index (χ3v) is 10.7. The van der Waals surface area contributed by atoms with Gasteiger partial charge < -0.3 is 49.3 Å². The van der Waals surface area contributed by atoms with Gasteiger partial charge in [0.2, 0.25) is 0 Å². The minimum Gasteiger partial charge on any atom is -0.394 e. The summed E-state index contributed by atoms with van der Waals surface area (Å²) in [6.45, 7) is 3.48. The van der Waals surface area contributed by atoms with E-state index in [1.54, 1.807) is 6.92 Å². The van der Waals surface area contributed by atoms with E-state index in [1.807, 2.05) is 0 Å². The zero-order valence-electron chi connectivity index (χ0n) is 26.9. The van der Waals surface area contributed by atoms with Crippen LogP contribution in [0.3, 0.4) is 0 Å². The van der Waals surface area contributed by atoms with Crippen molar-refractivity contribution in [3.8, 4) is 0 Å². The molecule has 2 heterocycles. The van der Waals surface area contributed by atoms with E-state index in [0.29, 0.717) is 18.4 Å². The molecule has 0 saturated carbocycles. The van der Waals surface area contributed by atoms with E-state index in [0.717, 1.165) is 49.0 Å². The summed E-state index contributed by atoms with van der Waals surface area (Å²) >= 11 is 0. The van der Waals surface area contributed by atoms with Gasteiger partial charge in [-0.15, -0.1) is 0 Å². The van der Waals surface area contributed by atoms with Crippen LogP contribution in [0.25, 0.3) is 0 Å². The molecule has 1 aromatic rings. The number of H-pyrrole nitrogens is 1. The predicted octanol–water partition coefficient (Wildman–Crippen LogP) is 1.90. The van der Waals surface area contributed by atoms with Gasteiger partial charge in [0.25, 0.3) is 5.56 Å². The first-order valence-electron chi connectivity index (χ1n) is 15.5. The van der Waals surface area contributed by atoms with Crippen LogP contribution in [-0.4, -0.2) is 80.0 Å². The van der Waals surface area contributed by atoms with E-state index in [1.165, 1.54) is 38.3 Å². The Morgan fingerprint density at radius 1 is 0.875 bits per heavy atom. The summed E-state index contributed by atoms with van der Waals surface area (Å²) in [5.41, 5.74) is -0.744. The number of phosphoric acid groups is 3. The first-order valence-corrected chi connectivity index (χ1v) is 20.0. The lowest BCUT2D eigenvalue weighted by atomic mass is 9.96. The summed E-state index contributed by atoms with van der Waals surface area (Å²) in [6, 6.07) is 0. The minimum atomic E-state index is -5.46. The fraction of sp³-hybridized carbons (Fsp3) is 0.808. The van der Waals surface area contributed by atoms with Crippen LogP contribution in [0.1, 0.15) is 103 Å². The number of nitrogens with zero attached hydrogens (tertiary/aromatic N) is 1. The predicted molar refractivity (Wildman–Crippen MR) is 169 cm³/mol. The number of ether oxygens (including phenoxy) is 1. The normalized spacial score (nSPS) is 20.7. The maximum atomic E-state index is 12.2. The van der Waals surface area contributed by atoms with Gasteiger partial charge in [-0.05, 0) is 32.1 Å². The number of rotatable bonds is 21. The van der Waals surface area contributed by atoms with Crippen molar-refractivity contribution in [3.05, 3.63) is 32.6 Å². The lowest BCUT2D eigenvalue weighted by Gasteiger charge is -2.18. The molecule has 1 aliphatic heterocycles. The Hall–Kier alpha value is -1.40. The largest absolute Gasteiger partial charge is 0.490 e. The first-order chi connectivity index (χ1) is 22.2. The van der Waals surface area contributed by atoms with Crippen LogP contribution in [0, 0.1) is 5.92 Å². The summed E-state index contributed by atoms with van der Waals surface area (Å²) < 4.78 is 42.9. The zero-order chi connectivity index (χ0) is 36.7. The van der Waals surface area contributed by atoms with Gasteiger partial charge in [-0.1, -0.05) is 64.7 Å². The Kier molecular flexibility index (Phi) is 19.6. The highest BCUT2D eigenvalue weighted by Crippen LogP contribution is 2.64. The van der Waals surface area contributed by atoms with Gasteiger partial charge in [0, 0.05) is 18.2 Å². The number of unbranched alkanes of at least 4 members (excludes halogenated alkanes) is 7. The lowest BCUT2D eigenvalue weighted by Crippen LogP contribution is -2.38. The topological polar surface area (TPSA) is 313 Å². The molecule has 1 aliphatic rings. The number of aromatic amines is 1. The molecule has 2 rings (SSSR count). The molecule has 1 unspecified atom stereocenters. The fourth-order valence-electron chi connectivity index (χ4n) is 4.99. The van der Waals surface area contributed by atoms with Gasteiger partial charge in [-0.3, -0.25) is 14.3 Å². The van der Waals surface area contributed by atoms with Gasteiger partial charge in [-0.25, -0.2) is 18.5 Å². The smallest absolute Gasteiger partial charge is 0.394 e. The molecule has 1 aromatic heterocycles. The highest BCUT2D eigenvalue weighted by atomic mass is 31.3. The van der Waals surface area contributed by atoms with Crippen molar-refractivity contribution >= 4 is 29.3 Å². The second-order valence-corrected chi connectivity index (χ2v) is 15.9. The van der Waals surface area contributed by atoms with Crippen molar-refractivity contribution in [2.45, 2.75) is 122 Å². The van der Waals surface area contributed by atoms with Crippen molar-refractivity contribution in [2.75, 3.05) is 6.61 Å². The number of aryl methyl sites for hydroxylation is 1. The Bertz CT molecular complexity index is 1360. The number of Topliss-reactive ketones (excluding diaryl/α,β-unsaturated/α-hetero) is 1. The molecule has 0 aromatic carbocycles. The van der Waals surface area contributed by atoms with Gasteiger partial charge >= 0.3 is 29.2 Å².